The first-order chi connectivity index (χ1) is 17.5. The predicted molar refractivity (Wildman–Crippen MR) is 149 cm³/mol. The Hall–Kier alpha value is -3.88. The molecule has 1 atom stereocenters. The summed E-state index contributed by atoms with van der Waals surface area (Å²) in [7, 11) is 0. The Balaban J connectivity index is 1.69. The molecule has 36 heavy (non-hydrogen) atoms. The van der Waals surface area contributed by atoms with E-state index in [1.54, 1.807) is 0 Å². The highest BCUT2D eigenvalue weighted by molar-refractivity contribution is 8.00. The van der Waals surface area contributed by atoms with Crippen molar-refractivity contribution in [1.82, 2.24) is 4.98 Å². The number of nitrogens with one attached hydrogen (secondary N) is 1. The molecule has 0 bridgehead atoms. The highest BCUT2D eigenvalue weighted by Crippen LogP contribution is 2.36. The second-order valence-electron chi connectivity index (χ2n) is 8.86. The molecule has 0 radical (unpaired) electrons. The summed E-state index contributed by atoms with van der Waals surface area (Å²) in [6.07, 6.45) is 0.601. The van der Waals surface area contributed by atoms with Crippen molar-refractivity contribution < 1.29 is 4.79 Å². The maximum atomic E-state index is 13.2. The number of aromatic nitrogens is 1. The van der Waals surface area contributed by atoms with Crippen molar-refractivity contribution in [2.24, 2.45) is 0 Å². The fourth-order valence-corrected chi connectivity index (χ4v) is 4.97. The van der Waals surface area contributed by atoms with Crippen LogP contribution in [0.15, 0.2) is 96.0 Å². The van der Waals surface area contributed by atoms with Crippen LogP contribution in [0.5, 0.6) is 0 Å². The molecule has 0 saturated carbocycles. The largest absolute Gasteiger partial charge is 0.325 e. The van der Waals surface area contributed by atoms with Gasteiger partial charge in [0.15, 0.2) is 0 Å². The Morgan fingerprint density at radius 1 is 0.944 bits per heavy atom. The molecule has 1 unspecified atom stereocenters. The van der Waals surface area contributed by atoms with Gasteiger partial charge in [0.2, 0.25) is 5.91 Å². The van der Waals surface area contributed by atoms with Crippen molar-refractivity contribution >= 4 is 23.4 Å². The average Bonchev–Trinajstić information content (AvgIpc) is 2.92. The van der Waals surface area contributed by atoms with Crippen LogP contribution in [0.2, 0.25) is 0 Å². The minimum Gasteiger partial charge on any atom is -0.325 e. The number of anilines is 1. The summed E-state index contributed by atoms with van der Waals surface area (Å²) in [5.41, 5.74) is 5.97. The molecule has 4 aromatic rings. The highest BCUT2D eigenvalue weighted by atomic mass is 32.2. The maximum absolute atomic E-state index is 13.2. The number of nitriles is 1. The molecule has 0 aliphatic rings. The zero-order chi connectivity index (χ0) is 25.5. The molecule has 0 aliphatic heterocycles. The topological polar surface area (TPSA) is 65.8 Å². The molecule has 3 aromatic carbocycles. The third kappa shape index (κ3) is 5.84. The summed E-state index contributed by atoms with van der Waals surface area (Å²) in [5.74, 6) is 0.330. The minimum atomic E-state index is -0.399. The number of pyridine rings is 1. The Morgan fingerprint density at radius 3 is 2.11 bits per heavy atom. The number of benzene rings is 3. The van der Waals surface area contributed by atoms with E-state index in [2.05, 4.69) is 25.2 Å². The number of hydrogen-bond acceptors (Lipinski definition) is 4. The smallest absolute Gasteiger partial charge is 0.237 e. The molecule has 0 fully saturated rings. The lowest BCUT2D eigenvalue weighted by atomic mass is 9.99. The van der Waals surface area contributed by atoms with Gasteiger partial charge in [-0.05, 0) is 41.7 Å². The average molecular weight is 492 g/mol. The van der Waals surface area contributed by atoms with Gasteiger partial charge in [-0.15, -0.1) is 0 Å². The van der Waals surface area contributed by atoms with Crippen molar-refractivity contribution in [3.63, 3.8) is 0 Å². The van der Waals surface area contributed by atoms with Crippen molar-refractivity contribution in [2.75, 3.05) is 5.32 Å². The molecule has 1 heterocycles. The van der Waals surface area contributed by atoms with Gasteiger partial charge >= 0.3 is 0 Å². The van der Waals surface area contributed by atoms with Crippen molar-refractivity contribution in [3.05, 3.63) is 102 Å². The van der Waals surface area contributed by atoms with Gasteiger partial charge in [0, 0.05) is 16.8 Å². The lowest BCUT2D eigenvalue weighted by Crippen LogP contribution is -2.24. The van der Waals surface area contributed by atoms with E-state index < -0.39 is 5.25 Å². The first kappa shape index (κ1) is 25.2. The highest BCUT2D eigenvalue weighted by Gasteiger charge is 2.23. The van der Waals surface area contributed by atoms with E-state index >= 15 is 0 Å². The van der Waals surface area contributed by atoms with Crippen molar-refractivity contribution in [3.8, 4) is 28.5 Å². The summed E-state index contributed by atoms with van der Waals surface area (Å²) >= 11 is 1.35. The van der Waals surface area contributed by atoms with E-state index in [0.29, 0.717) is 22.9 Å². The standard InChI is InChI=1S/C31H29N3OS/c1-4-29(30(35)33-25-17-15-22(16-18-25)21(2)3)36-31-27(20-32)26(23-11-7-5-8-12-23)19-28(34-31)24-13-9-6-10-14-24/h5-19,21,29H,4H2,1-3H3,(H,33,35). The van der Waals surface area contributed by atoms with Crippen LogP contribution in [0, 0.1) is 11.3 Å². The molecule has 1 amide bonds. The monoisotopic (exact) mass is 491 g/mol. The van der Waals surface area contributed by atoms with Crippen LogP contribution in [0.3, 0.4) is 0 Å². The van der Waals surface area contributed by atoms with E-state index in [-0.39, 0.29) is 5.91 Å². The van der Waals surface area contributed by atoms with Crippen LogP contribution in [0.1, 0.15) is 44.2 Å². The first-order valence-electron chi connectivity index (χ1n) is 12.1. The number of nitrogens with zero attached hydrogens (tertiary/aromatic N) is 2. The molecule has 0 aliphatic carbocycles. The van der Waals surface area contributed by atoms with E-state index in [1.165, 1.54) is 17.3 Å². The Bertz CT molecular complexity index is 1360. The lowest BCUT2D eigenvalue weighted by molar-refractivity contribution is -0.115. The van der Waals surface area contributed by atoms with Crippen molar-refractivity contribution in [1.29, 1.82) is 5.26 Å². The first-order valence-corrected chi connectivity index (χ1v) is 13.0. The fourth-order valence-electron chi connectivity index (χ4n) is 3.95. The summed E-state index contributed by atoms with van der Waals surface area (Å²) in [4.78, 5) is 18.1. The molecule has 0 saturated heterocycles. The van der Waals surface area contributed by atoms with Gasteiger partial charge in [0.25, 0.3) is 0 Å². The number of carbonyl (C=O) groups is 1. The second-order valence-corrected chi connectivity index (χ2v) is 10.1. The Labute approximate surface area is 217 Å². The van der Waals surface area contributed by atoms with Gasteiger partial charge in [-0.25, -0.2) is 4.98 Å². The molecule has 1 aromatic heterocycles. The quantitative estimate of drug-likeness (QED) is 0.254. The van der Waals surface area contributed by atoms with Crippen LogP contribution in [0.25, 0.3) is 22.4 Å². The van der Waals surface area contributed by atoms with Crippen LogP contribution in [-0.4, -0.2) is 16.1 Å². The Kier molecular flexibility index (Phi) is 8.20. The van der Waals surface area contributed by atoms with Gasteiger partial charge in [-0.2, -0.15) is 5.26 Å². The van der Waals surface area contributed by atoms with Crippen LogP contribution in [-0.2, 0) is 4.79 Å². The van der Waals surface area contributed by atoms with E-state index in [0.717, 1.165) is 28.1 Å². The Morgan fingerprint density at radius 2 is 1.56 bits per heavy atom. The van der Waals surface area contributed by atoms with Crippen LogP contribution in [0.4, 0.5) is 5.69 Å². The molecule has 4 rings (SSSR count). The summed E-state index contributed by atoms with van der Waals surface area (Å²) < 4.78 is 0. The minimum absolute atomic E-state index is 0.100. The van der Waals surface area contributed by atoms with Crippen LogP contribution < -0.4 is 5.32 Å². The number of carbonyl (C=O) groups excluding carboxylic acids is 1. The zero-order valence-corrected chi connectivity index (χ0v) is 21.5. The van der Waals surface area contributed by atoms with E-state index in [4.69, 9.17) is 4.98 Å². The van der Waals surface area contributed by atoms with Gasteiger partial charge < -0.3 is 5.32 Å². The SMILES string of the molecule is CCC(Sc1nc(-c2ccccc2)cc(-c2ccccc2)c1C#N)C(=O)Nc1ccc(C(C)C)cc1. The summed E-state index contributed by atoms with van der Waals surface area (Å²) in [6, 6.07) is 32.0. The van der Waals surface area contributed by atoms with Crippen molar-refractivity contribution in [2.45, 2.75) is 43.4 Å². The molecular formula is C31H29N3OS. The maximum Gasteiger partial charge on any atom is 0.237 e. The van der Waals surface area contributed by atoms with E-state index in [1.807, 2.05) is 97.9 Å². The van der Waals surface area contributed by atoms with Gasteiger partial charge in [0.1, 0.15) is 11.1 Å². The third-order valence-corrected chi connectivity index (χ3v) is 7.37. The third-order valence-electron chi connectivity index (χ3n) is 6.01. The van der Waals surface area contributed by atoms with E-state index in [9.17, 15) is 10.1 Å². The molecule has 0 spiro atoms. The lowest BCUT2D eigenvalue weighted by Gasteiger charge is -2.18. The normalized spacial score (nSPS) is 11.6. The van der Waals surface area contributed by atoms with Gasteiger partial charge in [-0.1, -0.05) is 105 Å². The molecule has 5 heteroatoms. The molecule has 180 valence electrons. The van der Waals surface area contributed by atoms with Gasteiger partial charge in [-0.3, -0.25) is 4.79 Å². The zero-order valence-electron chi connectivity index (χ0n) is 20.7. The number of amides is 1. The summed E-state index contributed by atoms with van der Waals surface area (Å²) in [5, 5.41) is 13.4. The number of thioether (sulfide) groups is 1. The number of hydrogen-bond donors (Lipinski definition) is 1. The molecule has 4 nitrogen and oxygen atoms in total. The fraction of sp³-hybridized carbons (Fsp3) is 0.194. The molecule has 1 N–H and O–H groups in total. The van der Waals surface area contributed by atoms with Crippen LogP contribution >= 0.6 is 11.8 Å². The number of rotatable bonds is 8. The summed E-state index contributed by atoms with van der Waals surface area (Å²) in [6.45, 7) is 6.26. The molecular weight excluding hydrogens is 462 g/mol. The second kappa shape index (κ2) is 11.7. The predicted octanol–water partition coefficient (Wildman–Crippen LogP) is 7.92. The van der Waals surface area contributed by atoms with Gasteiger partial charge in [0.05, 0.1) is 16.5 Å².